The number of allylic oxidation sites excluding steroid dienone is 1. The van der Waals surface area contributed by atoms with Gasteiger partial charge in [0, 0.05) is 5.92 Å². The van der Waals surface area contributed by atoms with E-state index in [1.807, 2.05) is 0 Å². The molecule has 6 rings (SSSR count). The molecule has 162 valence electrons. The standard InChI is InChI=1S/C26H41NO2/c1-16-23-22(29-26(16)10-4-5-13-27-26)15-21-19-7-6-17-14-18(28)8-11-24(17,2)20(19)9-12-25(21,23)3/h6,16,18-23,27-28H,4-5,7-15H2,1-3H3/t16-,18-,19+,20-,21-,22-,23-,24-,25-,26-/m0/s1. The zero-order chi connectivity index (χ0) is 20.0. The lowest BCUT2D eigenvalue weighted by molar-refractivity contribution is -0.110. The van der Waals surface area contributed by atoms with Gasteiger partial charge >= 0.3 is 0 Å². The van der Waals surface area contributed by atoms with E-state index in [2.05, 4.69) is 32.2 Å². The fourth-order valence-electron chi connectivity index (χ4n) is 9.74. The van der Waals surface area contributed by atoms with Crippen molar-refractivity contribution < 1.29 is 9.84 Å². The Labute approximate surface area is 177 Å². The van der Waals surface area contributed by atoms with E-state index >= 15 is 0 Å². The average molecular weight is 400 g/mol. The molecule has 0 bridgehead atoms. The van der Waals surface area contributed by atoms with Gasteiger partial charge in [-0.05, 0) is 105 Å². The van der Waals surface area contributed by atoms with Crippen molar-refractivity contribution in [3.63, 3.8) is 0 Å². The Hall–Kier alpha value is -0.380. The van der Waals surface area contributed by atoms with E-state index in [-0.39, 0.29) is 11.8 Å². The van der Waals surface area contributed by atoms with Crippen LogP contribution in [0, 0.1) is 40.4 Å². The van der Waals surface area contributed by atoms with Gasteiger partial charge in [-0.2, -0.15) is 0 Å². The number of rotatable bonds is 0. The molecule has 10 atom stereocenters. The lowest BCUT2D eigenvalue weighted by Crippen LogP contribution is -2.55. The van der Waals surface area contributed by atoms with E-state index in [1.165, 1.54) is 51.4 Å². The fraction of sp³-hybridized carbons (Fsp3) is 0.923. The van der Waals surface area contributed by atoms with Gasteiger partial charge in [-0.3, -0.25) is 5.32 Å². The van der Waals surface area contributed by atoms with Gasteiger partial charge in [-0.25, -0.2) is 0 Å². The highest BCUT2D eigenvalue weighted by Crippen LogP contribution is 2.70. The summed E-state index contributed by atoms with van der Waals surface area (Å²) in [6.45, 7) is 8.82. The van der Waals surface area contributed by atoms with Gasteiger partial charge in [0.1, 0.15) is 5.72 Å². The molecule has 0 aromatic rings. The van der Waals surface area contributed by atoms with Crippen LogP contribution >= 0.6 is 0 Å². The Kier molecular flexibility index (Phi) is 4.21. The molecule has 4 aliphatic carbocycles. The Morgan fingerprint density at radius 3 is 2.76 bits per heavy atom. The zero-order valence-corrected chi connectivity index (χ0v) is 18.8. The van der Waals surface area contributed by atoms with Crippen molar-refractivity contribution in [2.24, 2.45) is 40.4 Å². The number of aliphatic hydroxyl groups is 1. The molecule has 0 aromatic carbocycles. The summed E-state index contributed by atoms with van der Waals surface area (Å²) in [4.78, 5) is 0. The van der Waals surface area contributed by atoms with Crippen molar-refractivity contribution in [3.8, 4) is 0 Å². The Bertz CT molecular complexity index is 711. The van der Waals surface area contributed by atoms with E-state index < -0.39 is 0 Å². The summed E-state index contributed by atoms with van der Waals surface area (Å²) in [5.41, 5.74) is 2.36. The molecule has 2 saturated heterocycles. The first-order chi connectivity index (χ1) is 13.9. The van der Waals surface area contributed by atoms with Crippen LogP contribution in [0.25, 0.3) is 0 Å². The van der Waals surface area contributed by atoms with Crippen LogP contribution in [-0.4, -0.2) is 29.6 Å². The van der Waals surface area contributed by atoms with E-state index in [1.54, 1.807) is 5.57 Å². The van der Waals surface area contributed by atoms with Crippen molar-refractivity contribution in [2.75, 3.05) is 6.54 Å². The second-order valence-electron chi connectivity index (χ2n) is 12.2. The number of fused-ring (bicyclic) bond motifs is 7. The smallest absolute Gasteiger partial charge is 0.122 e. The van der Waals surface area contributed by atoms with Gasteiger partial charge in [0.05, 0.1) is 12.2 Å². The lowest BCUT2D eigenvalue weighted by atomic mass is 9.47. The van der Waals surface area contributed by atoms with Gasteiger partial charge in [-0.15, -0.1) is 0 Å². The minimum Gasteiger partial charge on any atom is -0.393 e. The van der Waals surface area contributed by atoms with Crippen molar-refractivity contribution in [3.05, 3.63) is 11.6 Å². The maximum absolute atomic E-state index is 10.2. The maximum Gasteiger partial charge on any atom is 0.122 e. The first-order valence-electron chi connectivity index (χ1n) is 12.7. The predicted molar refractivity (Wildman–Crippen MR) is 115 cm³/mol. The van der Waals surface area contributed by atoms with Crippen LogP contribution in [0.5, 0.6) is 0 Å². The van der Waals surface area contributed by atoms with Crippen molar-refractivity contribution in [2.45, 2.75) is 103 Å². The van der Waals surface area contributed by atoms with Crippen molar-refractivity contribution >= 4 is 0 Å². The maximum atomic E-state index is 10.2. The molecule has 29 heavy (non-hydrogen) atoms. The molecule has 0 radical (unpaired) electrons. The predicted octanol–water partition coefficient (Wildman–Crippen LogP) is 5.04. The molecule has 5 fully saturated rings. The highest BCUT2D eigenvalue weighted by Gasteiger charge is 2.67. The first-order valence-corrected chi connectivity index (χ1v) is 12.7. The molecule has 1 spiro atoms. The Morgan fingerprint density at radius 2 is 1.97 bits per heavy atom. The van der Waals surface area contributed by atoms with Crippen LogP contribution in [-0.2, 0) is 4.74 Å². The van der Waals surface area contributed by atoms with Crippen LogP contribution in [0.4, 0.5) is 0 Å². The third-order valence-electron chi connectivity index (χ3n) is 11.2. The highest BCUT2D eigenvalue weighted by molar-refractivity contribution is 5.26. The molecule has 2 heterocycles. The average Bonchev–Trinajstić information content (AvgIpc) is 3.14. The van der Waals surface area contributed by atoms with Gasteiger partial charge in [0.25, 0.3) is 0 Å². The van der Waals surface area contributed by atoms with Gasteiger partial charge < -0.3 is 9.84 Å². The number of ether oxygens (including phenoxy) is 1. The molecule has 0 aromatic heterocycles. The lowest BCUT2D eigenvalue weighted by Gasteiger charge is -2.58. The Morgan fingerprint density at radius 1 is 1.10 bits per heavy atom. The quantitative estimate of drug-likeness (QED) is 0.561. The number of nitrogens with one attached hydrogen (secondary N) is 1. The minimum absolute atomic E-state index is 0.0243. The van der Waals surface area contributed by atoms with Crippen LogP contribution in [0.1, 0.15) is 85.0 Å². The van der Waals surface area contributed by atoms with Crippen LogP contribution < -0.4 is 5.32 Å². The third-order valence-corrected chi connectivity index (χ3v) is 11.2. The van der Waals surface area contributed by atoms with Crippen molar-refractivity contribution in [1.29, 1.82) is 0 Å². The number of aliphatic hydroxyl groups excluding tert-OH is 1. The second kappa shape index (κ2) is 6.33. The summed E-state index contributed by atoms with van der Waals surface area (Å²) in [7, 11) is 0. The highest BCUT2D eigenvalue weighted by atomic mass is 16.5. The second-order valence-corrected chi connectivity index (χ2v) is 12.2. The molecule has 2 N–H and O–H groups in total. The van der Waals surface area contributed by atoms with Crippen LogP contribution in [0.2, 0.25) is 0 Å². The summed E-state index contributed by atoms with van der Waals surface area (Å²) in [6, 6.07) is 0. The van der Waals surface area contributed by atoms with Gasteiger partial charge in [0.2, 0.25) is 0 Å². The summed E-state index contributed by atoms with van der Waals surface area (Å²) < 4.78 is 6.95. The van der Waals surface area contributed by atoms with E-state index in [0.29, 0.717) is 22.9 Å². The van der Waals surface area contributed by atoms with E-state index in [4.69, 9.17) is 4.74 Å². The van der Waals surface area contributed by atoms with Gasteiger partial charge in [0.15, 0.2) is 0 Å². The summed E-state index contributed by atoms with van der Waals surface area (Å²) in [6.07, 6.45) is 15.2. The molecule has 6 aliphatic rings. The summed E-state index contributed by atoms with van der Waals surface area (Å²) in [5.74, 6) is 3.83. The normalized spacial score (nSPS) is 58.9. The van der Waals surface area contributed by atoms with E-state index in [9.17, 15) is 5.11 Å². The Balaban J connectivity index is 1.30. The summed E-state index contributed by atoms with van der Waals surface area (Å²) in [5, 5.41) is 14.1. The largest absolute Gasteiger partial charge is 0.393 e. The SMILES string of the molecule is C[C@H]1[C@H]2[C@H](C[C@H]3[C@@H]4CC=C5C[C@@H](O)CC[C@]5(C)[C@H]4CC[C@]23C)O[C@@]12CCCCN2. The molecular formula is C26H41NO2. The number of hydrogen-bond acceptors (Lipinski definition) is 3. The third kappa shape index (κ3) is 2.47. The minimum atomic E-state index is -0.0981. The van der Waals surface area contributed by atoms with Crippen molar-refractivity contribution in [1.82, 2.24) is 5.32 Å². The fourth-order valence-corrected chi connectivity index (χ4v) is 9.74. The topological polar surface area (TPSA) is 41.5 Å². The zero-order valence-electron chi connectivity index (χ0n) is 18.8. The van der Waals surface area contributed by atoms with E-state index in [0.717, 1.165) is 43.1 Å². The molecule has 3 heteroatoms. The first kappa shape index (κ1) is 19.3. The molecule has 3 nitrogen and oxygen atoms in total. The molecule has 2 aliphatic heterocycles. The monoisotopic (exact) mass is 399 g/mol. The molecular weight excluding hydrogens is 358 g/mol. The molecule has 3 saturated carbocycles. The number of hydrogen-bond donors (Lipinski definition) is 2. The molecule has 0 amide bonds. The van der Waals surface area contributed by atoms with Crippen LogP contribution in [0.3, 0.4) is 0 Å². The molecule has 0 unspecified atom stereocenters. The number of piperidine rings is 1. The summed E-state index contributed by atoms with van der Waals surface area (Å²) >= 11 is 0. The van der Waals surface area contributed by atoms with Crippen LogP contribution in [0.15, 0.2) is 11.6 Å². The van der Waals surface area contributed by atoms with Gasteiger partial charge in [-0.1, -0.05) is 32.4 Å².